The molecule has 0 bridgehead atoms. The van der Waals surface area contributed by atoms with E-state index < -0.39 is 5.91 Å². The molecule has 1 aromatic rings. The van der Waals surface area contributed by atoms with Gasteiger partial charge in [-0.15, -0.1) is 0 Å². The fourth-order valence-corrected chi connectivity index (χ4v) is 5.81. The van der Waals surface area contributed by atoms with Crippen LogP contribution in [0.1, 0.15) is 44.6 Å². The molecule has 2 N–H and O–H groups in total. The van der Waals surface area contributed by atoms with Crippen molar-refractivity contribution in [1.29, 1.82) is 10.5 Å². The molecule has 1 atom stereocenters. The number of aryl methyl sites for hydroxylation is 1. The lowest BCUT2D eigenvalue weighted by molar-refractivity contribution is -0.127. The largest absolute Gasteiger partial charge is 0.385 e. The fraction of sp³-hybridized carbons (Fsp3) is 0.538. The summed E-state index contributed by atoms with van der Waals surface area (Å²) < 4.78 is 0. The molecular weight excluding hydrogens is 460 g/mol. The van der Waals surface area contributed by atoms with E-state index in [0.29, 0.717) is 24.5 Å². The van der Waals surface area contributed by atoms with E-state index in [1.165, 1.54) is 54.6 Å². The highest BCUT2D eigenvalue weighted by Crippen LogP contribution is 2.38. The predicted molar refractivity (Wildman–Crippen MR) is 138 cm³/mol. The number of piperidine rings is 1. The van der Waals surface area contributed by atoms with E-state index in [4.69, 9.17) is 5.26 Å². The van der Waals surface area contributed by atoms with Crippen LogP contribution in [-0.2, 0) is 16.0 Å². The molecule has 186 valence electrons. The average Bonchev–Trinajstić information content (AvgIpc) is 3.19. The molecule has 0 aliphatic carbocycles. The van der Waals surface area contributed by atoms with E-state index in [2.05, 4.69) is 33.7 Å². The highest BCUT2D eigenvalue weighted by Gasteiger charge is 2.38. The van der Waals surface area contributed by atoms with Gasteiger partial charge < -0.3 is 20.4 Å². The Morgan fingerprint density at radius 1 is 1.23 bits per heavy atom. The molecule has 2 fully saturated rings. The Labute approximate surface area is 212 Å². The summed E-state index contributed by atoms with van der Waals surface area (Å²) in [5.41, 5.74) is 2.23. The van der Waals surface area contributed by atoms with Crippen molar-refractivity contribution in [3.63, 3.8) is 0 Å². The molecule has 2 amide bonds. The number of amides is 2. The van der Waals surface area contributed by atoms with Gasteiger partial charge in [0.15, 0.2) is 0 Å². The van der Waals surface area contributed by atoms with Crippen molar-refractivity contribution >= 4 is 29.3 Å². The molecular formula is C26H34N6O2S. The average molecular weight is 495 g/mol. The maximum atomic E-state index is 12.9. The Balaban J connectivity index is 1.52. The summed E-state index contributed by atoms with van der Waals surface area (Å²) in [5, 5.41) is 24.0. The predicted octanol–water partition coefficient (Wildman–Crippen LogP) is 3.25. The summed E-state index contributed by atoms with van der Waals surface area (Å²) in [5.74, 6) is -0.722. The molecule has 0 radical (unpaired) electrons. The number of nitrogens with one attached hydrogen (secondary N) is 2. The summed E-state index contributed by atoms with van der Waals surface area (Å²) in [6.45, 7) is 6.22. The van der Waals surface area contributed by atoms with Gasteiger partial charge in [-0.2, -0.15) is 10.5 Å². The van der Waals surface area contributed by atoms with Gasteiger partial charge in [-0.05, 0) is 76.4 Å². The molecule has 0 saturated carbocycles. The first-order valence-electron chi connectivity index (χ1n) is 12.4. The molecule has 3 rings (SSSR count). The molecule has 0 spiro atoms. The van der Waals surface area contributed by atoms with Gasteiger partial charge in [0.25, 0.3) is 5.91 Å². The van der Waals surface area contributed by atoms with E-state index in [0.717, 1.165) is 25.1 Å². The fourth-order valence-electron chi connectivity index (χ4n) is 4.48. The van der Waals surface area contributed by atoms with Gasteiger partial charge in [-0.25, -0.2) is 0 Å². The lowest BCUT2D eigenvalue weighted by Crippen LogP contribution is -2.32. The van der Waals surface area contributed by atoms with Crippen LogP contribution in [0.4, 0.5) is 5.69 Å². The Kier molecular flexibility index (Phi) is 10.5. The number of rotatable bonds is 11. The number of thioether (sulfide) groups is 1. The topological polar surface area (TPSA) is 112 Å². The quantitative estimate of drug-likeness (QED) is 0.276. The van der Waals surface area contributed by atoms with E-state index >= 15 is 0 Å². The maximum absolute atomic E-state index is 12.9. The van der Waals surface area contributed by atoms with Crippen LogP contribution in [0.5, 0.6) is 0 Å². The van der Waals surface area contributed by atoms with Crippen molar-refractivity contribution in [2.45, 2.75) is 50.7 Å². The number of hydrogen-bond donors (Lipinski definition) is 2. The number of carbonyl (C=O) groups excluding carboxylic acids is 2. The Hall–Kier alpha value is -3.01. The van der Waals surface area contributed by atoms with Gasteiger partial charge in [-0.3, -0.25) is 9.59 Å². The minimum atomic E-state index is -0.626. The Bertz CT molecular complexity index is 1010. The van der Waals surface area contributed by atoms with Crippen molar-refractivity contribution in [3.05, 3.63) is 40.4 Å². The molecule has 0 aromatic heterocycles. The van der Waals surface area contributed by atoms with Gasteiger partial charge in [0.1, 0.15) is 23.2 Å². The number of nitriles is 2. The van der Waals surface area contributed by atoms with E-state index in [-0.39, 0.29) is 23.3 Å². The van der Waals surface area contributed by atoms with E-state index in [1.54, 1.807) is 0 Å². The molecule has 8 nitrogen and oxygen atoms in total. The molecule has 2 saturated heterocycles. The minimum Gasteiger partial charge on any atom is -0.385 e. The second-order valence-corrected chi connectivity index (χ2v) is 9.93. The monoisotopic (exact) mass is 494 g/mol. The van der Waals surface area contributed by atoms with Crippen molar-refractivity contribution < 1.29 is 9.59 Å². The van der Waals surface area contributed by atoms with Crippen LogP contribution >= 0.6 is 11.8 Å². The summed E-state index contributed by atoms with van der Waals surface area (Å²) >= 11 is 1.25. The van der Waals surface area contributed by atoms with Gasteiger partial charge >= 0.3 is 0 Å². The third-order valence-electron chi connectivity index (χ3n) is 6.29. The zero-order valence-corrected chi connectivity index (χ0v) is 21.2. The first kappa shape index (κ1) is 26.6. The highest BCUT2D eigenvalue weighted by atomic mass is 32.2. The summed E-state index contributed by atoms with van der Waals surface area (Å²) in [7, 11) is 0. The van der Waals surface area contributed by atoms with Crippen LogP contribution < -0.4 is 10.6 Å². The third kappa shape index (κ3) is 7.48. The van der Waals surface area contributed by atoms with Crippen LogP contribution in [0.2, 0.25) is 0 Å². The lowest BCUT2D eigenvalue weighted by Gasteiger charge is -2.26. The highest BCUT2D eigenvalue weighted by molar-refractivity contribution is 8.04. The molecule has 9 heteroatoms. The van der Waals surface area contributed by atoms with Crippen molar-refractivity contribution in [2.24, 2.45) is 0 Å². The molecule has 35 heavy (non-hydrogen) atoms. The number of nitrogens with zero attached hydrogens (tertiary/aromatic N) is 4. The van der Waals surface area contributed by atoms with Crippen molar-refractivity contribution in [1.82, 2.24) is 15.1 Å². The molecule has 2 heterocycles. The standard InChI is InChI=1S/C26H34N6O2S/c1-2-32-25(34)23(35-26(32)22(19-28)24(33)30-14-12-27)11-13-29-21-10-6-8-20(18-21)9-7-17-31-15-4-3-5-16-31/h6,8,10,18,23,29H,2-5,7,9,11,13-17H2,1H3,(H,30,33)/b26-22-. The van der Waals surface area contributed by atoms with Crippen LogP contribution in [0, 0.1) is 22.7 Å². The van der Waals surface area contributed by atoms with Gasteiger partial charge in [0.05, 0.1) is 11.3 Å². The Morgan fingerprint density at radius 3 is 2.74 bits per heavy atom. The smallest absolute Gasteiger partial charge is 0.265 e. The summed E-state index contributed by atoms with van der Waals surface area (Å²) in [6, 6.07) is 12.2. The summed E-state index contributed by atoms with van der Waals surface area (Å²) in [4.78, 5) is 29.2. The van der Waals surface area contributed by atoms with Crippen molar-refractivity contribution in [3.8, 4) is 12.1 Å². The number of likely N-dealkylation sites (tertiary alicyclic amines) is 1. The number of benzene rings is 1. The van der Waals surface area contributed by atoms with Crippen LogP contribution in [-0.4, -0.2) is 66.1 Å². The normalized spacial score (nSPS) is 19.7. The van der Waals surface area contributed by atoms with Gasteiger partial charge in [-0.1, -0.05) is 30.3 Å². The third-order valence-corrected chi connectivity index (χ3v) is 7.66. The van der Waals surface area contributed by atoms with E-state index in [9.17, 15) is 14.9 Å². The lowest BCUT2D eigenvalue weighted by atomic mass is 10.1. The number of carbonyl (C=O) groups is 2. The number of hydrogen-bond acceptors (Lipinski definition) is 7. The number of anilines is 1. The molecule has 1 aromatic carbocycles. The molecule has 2 aliphatic rings. The van der Waals surface area contributed by atoms with Crippen LogP contribution in [0.3, 0.4) is 0 Å². The maximum Gasteiger partial charge on any atom is 0.265 e. The first-order valence-corrected chi connectivity index (χ1v) is 13.3. The van der Waals surface area contributed by atoms with Gasteiger partial charge in [0, 0.05) is 18.8 Å². The molecule has 1 unspecified atom stereocenters. The second kappa shape index (κ2) is 13.8. The summed E-state index contributed by atoms with van der Waals surface area (Å²) in [6.07, 6.45) is 6.78. The van der Waals surface area contributed by atoms with Crippen LogP contribution in [0.15, 0.2) is 34.9 Å². The molecule has 2 aliphatic heterocycles. The minimum absolute atomic E-state index is 0.0957. The Morgan fingerprint density at radius 2 is 2.03 bits per heavy atom. The van der Waals surface area contributed by atoms with Crippen LogP contribution in [0.25, 0.3) is 0 Å². The second-order valence-electron chi connectivity index (χ2n) is 8.74. The first-order chi connectivity index (χ1) is 17.1. The SMILES string of the molecule is CCN1C(=O)C(CCNc2cccc(CCCN3CCCCC3)c2)S/C1=C(/C#N)C(=O)NCC#N. The van der Waals surface area contributed by atoms with Crippen molar-refractivity contribution in [2.75, 3.05) is 44.6 Å². The van der Waals surface area contributed by atoms with Gasteiger partial charge in [0.2, 0.25) is 5.91 Å². The zero-order chi connectivity index (χ0) is 25.0. The van der Waals surface area contributed by atoms with E-state index in [1.807, 2.05) is 25.1 Å². The zero-order valence-electron chi connectivity index (χ0n) is 20.4.